The smallest absolute Gasteiger partial charge is 0.103 e. The zero-order chi connectivity index (χ0) is 15.6. The van der Waals surface area contributed by atoms with Crippen LogP contribution >= 0.6 is 11.6 Å². The molecule has 0 aliphatic rings. The van der Waals surface area contributed by atoms with E-state index >= 15 is 0 Å². The first-order valence-electron chi connectivity index (χ1n) is 6.80. The molecule has 0 amide bonds. The average molecular weight is 300 g/mol. The molecule has 0 radical (unpaired) electrons. The van der Waals surface area contributed by atoms with E-state index in [4.69, 9.17) is 11.6 Å². The van der Waals surface area contributed by atoms with Gasteiger partial charge in [0.05, 0.1) is 23.0 Å². The van der Waals surface area contributed by atoms with Crippen LogP contribution in [0.5, 0.6) is 0 Å². The van der Waals surface area contributed by atoms with Crippen LogP contribution in [0.3, 0.4) is 0 Å². The molecule has 0 spiro atoms. The maximum Gasteiger partial charge on any atom is 0.103 e. The van der Waals surface area contributed by atoms with Crippen LogP contribution in [0.4, 0.5) is 5.69 Å². The Bertz CT molecular complexity index is 704. The quantitative estimate of drug-likeness (QED) is 0.842. The second-order valence-corrected chi connectivity index (χ2v) is 5.63. The molecule has 4 heteroatoms. The minimum atomic E-state index is 0.108. The van der Waals surface area contributed by atoms with Gasteiger partial charge in [0.25, 0.3) is 0 Å². The van der Waals surface area contributed by atoms with E-state index in [2.05, 4.69) is 22.9 Å². The Balaban J connectivity index is 2.45. The first-order valence-corrected chi connectivity index (χ1v) is 7.18. The summed E-state index contributed by atoms with van der Waals surface area (Å²) in [6, 6.07) is 12.1. The van der Waals surface area contributed by atoms with E-state index in [1.807, 2.05) is 51.2 Å². The summed E-state index contributed by atoms with van der Waals surface area (Å²) >= 11 is 6.07. The molecule has 1 aromatic carbocycles. The lowest BCUT2D eigenvalue weighted by molar-refractivity contribution is 0.737. The van der Waals surface area contributed by atoms with Crippen LogP contribution in [0, 0.1) is 25.2 Å². The van der Waals surface area contributed by atoms with E-state index in [1.54, 1.807) is 0 Å². The Labute approximate surface area is 130 Å². The number of pyridine rings is 1. The van der Waals surface area contributed by atoms with Crippen LogP contribution < -0.4 is 4.90 Å². The Hall–Kier alpha value is -2.05. The molecule has 0 saturated carbocycles. The third kappa shape index (κ3) is 3.17. The van der Waals surface area contributed by atoms with Crippen LogP contribution in [0.1, 0.15) is 35.5 Å². The molecular weight excluding hydrogens is 282 g/mol. The number of nitriles is 1. The number of aromatic nitrogens is 1. The zero-order valence-corrected chi connectivity index (χ0v) is 13.4. The molecule has 0 aliphatic carbocycles. The molecule has 1 unspecified atom stereocenters. The Morgan fingerprint density at radius 2 is 2.00 bits per heavy atom. The summed E-state index contributed by atoms with van der Waals surface area (Å²) in [4.78, 5) is 6.45. The normalized spacial score (nSPS) is 11.8. The molecule has 0 aliphatic heterocycles. The third-order valence-electron chi connectivity index (χ3n) is 3.71. The van der Waals surface area contributed by atoms with Gasteiger partial charge in [-0.15, -0.1) is 0 Å². The van der Waals surface area contributed by atoms with Crippen LogP contribution in [0.25, 0.3) is 0 Å². The standard InChI is InChI=1S/C17H18ClN3/c1-11-8-17(16(10-19)12(2)20-11)21(4)13(3)14-6-5-7-15(18)9-14/h5-9,13H,1-4H3. The fourth-order valence-electron chi connectivity index (χ4n) is 2.42. The highest BCUT2D eigenvalue weighted by Gasteiger charge is 2.18. The Kier molecular flexibility index (Phi) is 4.50. The van der Waals surface area contributed by atoms with Crippen molar-refractivity contribution in [2.24, 2.45) is 0 Å². The van der Waals surface area contributed by atoms with Gasteiger partial charge in [-0.25, -0.2) is 0 Å². The second kappa shape index (κ2) is 6.15. The largest absolute Gasteiger partial charge is 0.367 e. The van der Waals surface area contributed by atoms with Crippen molar-refractivity contribution < 1.29 is 0 Å². The van der Waals surface area contributed by atoms with Gasteiger partial charge in [0.15, 0.2) is 0 Å². The van der Waals surface area contributed by atoms with Crippen molar-refractivity contribution in [3.63, 3.8) is 0 Å². The summed E-state index contributed by atoms with van der Waals surface area (Å²) in [5.74, 6) is 0. The van der Waals surface area contributed by atoms with Gasteiger partial charge in [0.1, 0.15) is 6.07 Å². The van der Waals surface area contributed by atoms with Gasteiger partial charge in [-0.2, -0.15) is 5.26 Å². The molecule has 1 heterocycles. The summed E-state index contributed by atoms with van der Waals surface area (Å²) in [6.07, 6.45) is 0. The highest BCUT2D eigenvalue weighted by molar-refractivity contribution is 6.30. The van der Waals surface area contributed by atoms with Gasteiger partial charge in [-0.3, -0.25) is 4.98 Å². The summed E-state index contributed by atoms with van der Waals surface area (Å²) in [6.45, 7) is 5.90. The van der Waals surface area contributed by atoms with Gasteiger partial charge in [-0.1, -0.05) is 23.7 Å². The maximum absolute atomic E-state index is 9.40. The zero-order valence-electron chi connectivity index (χ0n) is 12.7. The molecule has 0 saturated heterocycles. The molecule has 0 fully saturated rings. The Morgan fingerprint density at radius 1 is 1.29 bits per heavy atom. The predicted molar refractivity (Wildman–Crippen MR) is 86.7 cm³/mol. The van der Waals surface area contributed by atoms with Gasteiger partial charge in [0.2, 0.25) is 0 Å². The summed E-state index contributed by atoms with van der Waals surface area (Å²) < 4.78 is 0. The van der Waals surface area contributed by atoms with Crippen molar-refractivity contribution in [1.82, 2.24) is 4.98 Å². The lowest BCUT2D eigenvalue weighted by Gasteiger charge is -2.29. The van der Waals surface area contributed by atoms with Crippen LogP contribution in [0.15, 0.2) is 30.3 Å². The second-order valence-electron chi connectivity index (χ2n) is 5.20. The van der Waals surface area contributed by atoms with Crippen molar-refractivity contribution in [3.8, 4) is 6.07 Å². The SMILES string of the molecule is Cc1cc(N(C)C(C)c2cccc(Cl)c2)c(C#N)c(C)n1. The highest BCUT2D eigenvalue weighted by atomic mass is 35.5. The number of rotatable bonds is 3. The van der Waals surface area contributed by atoms with Crippen molar-refractivity contribution in [2.45, 2.75) is 26.8 Å². The number of anilines is 1. The molecule has 108 valence electrons. The third-order valence-corrected chi connectivity index (χ3v) is 3.95. The summed E-state index contributed by atoms with van der Waals surface area (Å²) in [5, 5.41) is 10.1. The first-order chi connectivity index (χ1) is 9.93. The monoisotopic (exact) mass is 299 g/mol. The van der Waals surface area contributed by atoms with Crippen LogP contribution in [-0.2, 0) is 0 Å². The fourth-order valence-corrected chi connectivity index (χ4v) is 2.62. The van der Waals surface area contributed by atoms with Gasteiger partial charge < -0.3 is 4.90 Å². The van der Waals surface area contributed by atoms with Crippen molar-refractivity contribution in [2.75, 3.05) is 11.9 Å². The number of benzene rings is 1. The molecule has 21 heavy (non-hydrogen) atoms. The molecule has 1 atom stereocenters. The minimum Gasteiger partial charge on any atom is -0.367 e. The first kappa shape index (κ1) is 15.3. The molecular formula is C17H18ClN3. The van der Waals surface area contributed by atoms with Gasteiger partial charge >= 0.3 is 0 Å². The predicted octanol–water partition coefficient (Wildman–Crippen LogP) is 4.42. The number of halogens is 1. The molecule has 2 rings (SSSR count). The fraction of sp³-hybridized carbons (Fsp3) is 0.294. The van der Waals surface area contributed by atoms with Crippen molar-refractivity contribution >= 4 is 17.3 Å². The summed E-state index contributed by atoms with van der Waals surface area (Å²) in [7, 11) is 1.99. The van der Waals surface area contributed by atoms with E-state index < -0.39 is 0 Å². The topological polar surface area (TPSA) is 39.9 Å². The lowest BCUT2D eigenvalue weighted by Crippen LogP contribution is -2.23. The van der Waals surface area contributed by atoms with E-state index in [9.17, 15) is 5.26 Å². The van der Waals surface area contributed by atoms with Crippen LogP contribution in [-0.4, -0.2) is 12.0 Å². The highest BCUT2D eigenvalue weighted by Crippen LogP contribution is 2.30. The van der Waals surface area contributed by atoms with Crippen LogP contribution in [0.2, 0.25) is 5.02 Å². The maximum atomic E-state index is 9.40. The number of nitrogens with zero attached hydrogens (tertiary/aromatic N) is 3. The number of hydrogen-bond donors (Lipinski definition) is 0. The van der Waals surface area contributed by atoms with E-state index in [0.717, 1.165) is 27.7 Å². The molecule has 0 N–H and O–H groups in total. The average Bonchev–Trinajstić information content (AvgIpc) is 2.45. The van der Waals surface area contributed by atoms with Crippen molar-refractivity contribution in [3.05, 3.63) is 57.9 Å². The van der Waals surface area contributed by atoms with Crippen molar-refractivity contribution in [1.29, 1.82) is 5.26 Å². The summed E-state index contributed by atoms with van der Waals surface area (Å²) in [5.41, 5.74) is 4.30. The van der Waals surface area contributed by atoms with Gasteiger partial charge in [-0.05, 0) is 44.5 Å². The minimum absolute atomic E-state index is 0.108. The lowest BCUT2D eigenvalue weighted by atomic mass is 10.0. The van der Waals surface area contributed by atoms with Gasteiger partial charge in [0, 0.05) is 17.8 Å². The van der Waals surface area contributed by atoms with E-state index in [-0.39, 0.29) is 6.04 Å². The van der Waals surface area contributed by atoms with E-state index in [0.29, 0.717) is 5.56 Å². The van der Waals surface area contributed by atoms with E-state index in [1.165, 1.54) is 0 Å². The molecule has 3 nitrogen and oxygen atoms in total. The molecule has 2 aromatic rings. The Morgan fingerprint density at radius 3 is 2.62 bits per heavy atom. The molecule has 0 bridgehead atoms. The molecule has 1 aromatic heterocycles. The number of hydrogen-bond acceptors (Lipinski definition) is 3. The number of aryl methyl sites for hydroxylation is 2.